The molecule has 0 atom stereocenters. The first-order valence-corrected chi connectivity index (χ1v) is 8.58. The molecule has 1 aromatic carbocycles. The second-order valence-corrected chi connectivity index (χ2v) is 6.36. The van der Waals surface area contributed by atoms with Crippen molar-refractivity contribution in [1.82, 2.24) is 9.88 Å². The van der Waals surface area contributed by atoms with E-state index in [1.54, 1.807) is 31.6 Å². The Balaban J connectivity index is 1.45. The van der Waals surface area contributed by atoms with Gasteiger partial charge in [0.2, 0.25) is 0 Å². The number of amides is 1. The number of benzene rings is 1. The summed E-state index contributed by atoms with van der Waals surface area (Å²) in [6, 6.07) is 11.9. The zero-order chi connectivity index (χ0) is 16.8. The first kappa shape index (κ1) is 16.5. The lowest BCUT2D eigenvalue weighted by molar-refractivity contribution is 0.0687. The molecule has 1 aliphatic rings. The Kier molecular flexibility index (Phi) is 5.47. The number of ether oxygens (including phenoxy) is 1. The number of carbonyl (C=O) groups is 1. The Morgan fingerprint density at radius 3 is 2.42 bits per heavy atom. The van der Waals surface area contributed by atoms with Crippen molar-refractivity contribution in [2.45, 2.75) is 25.7 Å². The summed E-state index contributed by atoms with van der Waals surface area (Å²) in [6.45, 7) is 1.71. The molecule has 1 aromatic heterocycles. The Labute approximate surface area is 143 Å². The molecular weight excluding hydrogens is 300 g/mol. The van der Waals surface area contributed by atoms with Crippen LogP contribution in [0.3, 0.4) is 0 Å². The van der Waals surface area contributed by atoms with Crippen molar-refractivity contribution < 1.29 is 9.53 Å². The summed E-state index contributed by atoms with van der Waals surface area (Å²) in [6.07, 6.45) is 7.81. The van der Waals surface area contributed by atoms with Gasteiger partial charge in [0.15, 0.2) is 0 Å². The molecule has 2 aromatic rings. The molecule has 1 aliphatic heterocycles. The number of methoxy groups -OCH3 is 1. The average molecular weight is 324 g/mol. The van der Waals surface area contributed by atoms with Gasteiger partial charge in [0.05, 0.1) is 7.11 Å². The van der Waals surface area contributed by atoms with Gasteiger partial charge in [0.25, 0.3) is 5.91 Å². The predicted octanol–water partition coefficient (Wildman–Crippen LogP) is 3.58. The lowest BCUT2D eigenvalue weighted by Gasteiger charge is -2.32. The minimum atomic E-state index is 0.131. The van der Waals surface area contributed by atoms with Gasteiger partial charge in [0.1, 0.15) is 5.75 Å². The molecule has 1 amide bonds. The van der Waals surface area contributed by atoms with E-state index in [4.69, 9.17) is 4.74 Å². The zero-order valence-electron chi connectivity index (χ0n) is 14.1. The van der Waals surface area contributed by atoms with E-state index in [2.05, 4.69) is 17.1 Å². The summed E-state index contributed by atoms with van der Waals surface area (Å²) in [4.78, 5) is 18.4. The van der Waals surface area contributed by atoms with Gasteiger partial charge < -0.3 is 9.64 Å². The van der Waals surface area contributed by atoms with Gasteiger partial charge in [-0.1, -0.05) is 12.1 Å². The predicted molar refractivity (Wildman–Crippen MR) is 94.2 cm³/mol. The van der Waals surface area contributed by atoms with E-state index in [0.29, 0.717) is 5.92 Å². The molecule has 0 spiro atoms. The Hall–Kier alpha value is -2.36. The van der Waals surface area contributed by atoms with Gasteiger partial charge >= 0.3 is 0 Å². The van der Waals surface area contributed by atoms with Crippen molar-refractivity contribution in [3.05, 3.63) is 59.9 Å². The molecule has 3 rings (SSSR count). The molecule has 0 N–H and O–H groups in total. The monoisotopic (exact) mass is 324 g/mol. The lowest BCUT2D eigenvalue weighted by Crippen LogP contribution is -2.38. The van der Waals surface area contributed by atoms with Crippen LogP contribution in [0.15, 0.2) is 48.8 Å². The highest BCUT2D eigenvalue weighted by molar-refractivity contribution is 5.94. The highest BCUT2D eigenvalue weighted by Crippen LogP contribution is 2.24. The topological polar surface area (TPSA) is 42.4 Å². The normalized spacial score (nSPS) is 15.3. The largest absolute Gasteiger partial charge is 0.497 e. The summed E-state index contributed by atoms with van der Waals surface area (Å²) >= 11 is 0. The fourth-order valence-corrected chi connectivity index (χ4v) is 3.26. The van der Waals surface area contributed by atoms with Crippen LogP contribution in [-0.2, 0) is 6.42 Å². The Morgan fingerprint density at radius 2 is 1.79 bits per heavy atom. The van der Waals surface area contributed by atoms with Crippen LogP contribution in [0.4, 0.5) is 0 Å². The molecule has 126 valence electrons. The molecular formula is C20H24N2O2. The molecule has 0 aliphatic carbocycles. The smallest absolute Gasteiger partial charge is 0.253 e. The molecule has 1 fully saturated rings. The van der Waals surface area contributed by atoms with Gasteiger partial charge in [-0.15, -0.1) is 0 Å². The maximum atomic E-state index is 12.4. The Morgan fingerprint density at radius 1 is 1.12 bits per heavy atom. The SMILES string of the molecule is COc1ccc(CCC2CCN(C(=O)c3ccncc3)CC2)cc1. The second kappa shape index (κ2) is 7.95. The van der Waals surface area contributed by atoms with E-state index >= 15 is 0 Å². The van der Waals surface area contributed by atoms with Gasteiger partial charge in [0, 0.05) is 31.0 Å². The van der Waals surface area contributed by atoms with Gasteiger partial charge in [-0.2, -0.15) is 0 Å². The van der Waals surface area contributed by atoms with E-state index in [1.165, 1.54) is 12.0 Å². The minimum absolute atomic E-state index is 0.131. The number of piperidine rings is 1. The van der Waals surface area contributed by atoms with Crippen molar-refractivity contribution in [2.24, 2.45) is 5.92 Å². The van der Waals surface area contributed by atoms with E-state index in [9.17, 15) is 4.79 Å². The van der Waals surface area contributed by atoms with Crippen LogP contribution in [0.1, 0.15) is 35.2 Å². The number of likely N-dealkylation sites (tertiary alicyclic amines) is 1. The molecule has 4 nitrogen and oxygen atoms in total. The maximum absolute atomic E-state index is 12.4. The van der Waals surface area contributed by atoms with Crippen molar-refractivity contribution in [3.8, 4) is 5.75 Å². The molecule has 0 bridgehead atoms. The summed E-state index contributed by atoms with van der Waals surface area (Å²) in [5.74, 6) is 1.74. The number of aromatic nitrogens is 1. The molecule has 4 heteroatoms. The van der Waals surface area contributed by atoms with Crippen LogP contribution in [0, 0.1) is 5.92 Å². The first-order valence-electron chi connectivity index (χ1n) is 8.58. The van der Waals surface area contributed by atoms with Gasteiger partial charge in [-0.3, -0.25) is 9.78 Å². The van der Waals surface area contributed by atoms with Crippen LogP contribution in [0.5, 0.6) is 5.75 Å². The van der Waals surface area contributed by atoms with E-state index in [0.717, 1.165) is 43.7 Å². The summed E-state index contributed by atoms with van der Waals surface area (Å²) in [5, 5.41) is 0. The summed E-state index contributed by atoms with van der Waals surface area (Å²) in [7, 11) is 1.69. The molecule has 0 saturated carbocycles. The summed E-state index contributed by atoms with van der Waals surface area (Å²) in [5.41, 5.74) is 2.09. The van der Waals surface area contributed by atoms with E-state index < -0.39 is 0 Å². The average Bonchev–Trinajstić information content (AvgIpc) is 2.67. The first-order chi connectivity index (χ1) is 11.8. The number of hydrogen-bond donors (Lipinski definition) is 0. The molecule has 24 heavy (non-hydrogen) atoms. The zero-order valence-corrected chi connectivity index (χ0v) is 14.1. The number of hydrogen-bond acceptors (Lipinski definition) is 3. The lowest BCUT2D eigenvalue weighted by atomic mass is 9.90. The number of aryl methyl sites for hydroxylation is 1. The highest BCUT2D eigenvalue weighted by atomic mass is 16.5. The molecule has 0 radical (unpaired) electrons. The van der Waals surface area contributed by atoms with Crippen LogP contribution in [0.2, 0.25) is 0 Å². The minimum Gasteiger partial charge on any atom is -0.497 e. The van der Waals surface area contributed by atoms with E-state index in [1.807, 2.05) is 17.0 Å². The fourth-order valence-electron chi connectivity index (χ4n) is 3.26. The number of nitrogens with zero attached hydrogens (tertiary/aromatic N) is 2. The van der Waals surface area contributed by atoms with Crippen LogP contribution in [0.25, 0.3) is 0 Å². The third-order valence-corrected chi connectivity index (χ3v) is 4.83. The molecule has 0 unspecified atom stereocenters. The highest BCUT2D eigenvalue weighted by Gasteiger charge is 2.23. The standard InChI is InChI=1S/C20H24N2O2/c1-24-19-6-4-16(5-7-19)2-3-17-10-14-22(15-11-17)20(23)18-8-12-21-13-9-18/h4-9,12-13,17H,2-3,10-11,14-15H2,1H3. The van der Waals surface area contributed by atoms with Crippen LogP contribution >= 0.6 is 0 Å². The fraction of sp³-hybridized carbons (Fsp3) is 0.400. The molecule has 1 saturated heterocycles. The number of rotatable bonds is 5. The third-order valence-electron chi connectivity index (χ3n) is 4.83. The van der Waals surface area contributed by atoms with Crippen molar-refractivity contribution in [1.29, 1.82) is 0 Å². The van der Waals surface area contributed by atoms with Crippen molar-refractivity contribution in [3.63, 3.8) is 0 Å². The van der Waals surface area contributed by atoms with Crippen LogP contribution < -0.4 is 4.74 Å². The van der Waals surface area contributed by atoms with Crippen molar-refractivity contribution in [2.75, 3.05) is 20.2 Å². The number of carbonyl (C=O) groups excluding carboxylic acids is 1. The summed E-state index contributed by atoms with van der Waals surface area (Å²) < 4.78 is 5.19. The van der Waals surface area contributed by atoms with Gasteiger partial charge in [-0.25, -0.2) is 0 Å². The third kappa shape index (κ3) is 4.13. The Bertz CT molecular complexity index is 647. The maximum Gasteiger partial charge on any atom is 0.253 e. The van der Waals surface area contributed by atoms with E-state index in [-0.39, 0.29) is 5.91 Å². The second-order valence-electron chi connectivity index (χ2n) is 6.36. The van der Waals surface area contributed by atoms with Gasteiger partial charge in [-0.05, 0) is 61.4 Å². The van der Waals surface area contributed by atoms with Crippen LogP contribution in [-0.4, -0.2) is 36.0 Å². The quantitative estimate of drug-likeness (QED) is 0.844. The van der Waals surface area contributed by atoms with Crippen molar-refractivity contribution >= 4 is 5.91 Å². The number of pyridine rings is 1. The molecule has 2 heterocycles.